The molecular formula is C12H16BrN. The monoisotopic (exact) mass is 253 g/mol. The van der Waals surface area contributed by atoms with Crippen molar-refractivity contribution in [1.82, 2.24) is 0 Å². The van der Waals surface area contributed by atoms with E-state index in [1.54, 1.807) is 0 Å². The highest BCUT2D eigenvalue weighted by molar-refractivity contribution is 9.10. The predicted molar refractivity (Wildman–Crippen MR) is 64.8 cm³/mol. The Kier molecular flexibility index (Phi) is 2.56. The zero-order valence-electron chi connectivity index (χ0n) is 8.73. The molecule has 1 aromatic rings. The van der Waals surface area contributed by atoms with E-state index in [0.717, 1.165) is 0 Å². The van der Waals surface area contributed by atoms with E-state index in [4.69, 9.17) is 0 Å². The third-order valence-corrected chi connectivity index (χ3v) is 3.72. The highest BCUT2D eigenvalue weighted by atomic mass is 79.9. The molecule has 76 valence electrons. The van der Waals surface area contributed by atoms with Crippen LogP contribution in [0.5, 0.6) is 0 Å². The van der Waals surface area contributed by atoms with Gasteiger partial charge < -0.3 is 5.32 Å². The average Bonchev–Trinajstić information content (AvgIpc) is 2.19. The minimum atomic E-state index is 0.292. The van der Waals surface area contributed by atoms with Crippen LogP contribution in [0, 0.1) is 0 Å². The zero-order valence-corrected chi connectivity index (χ0v) is 10.3. The van der Waals surface area contributed by atoms with E-state index in [0.29, 0.717) is 5.54 Å². The quantitative estimate of drug-likeness (QED) is 0.799. The van der Waals surface area contributed by atoms with Crippen LogP contribution in [0.2, 0.25) is 0 Å². The Bertz CT molecular complexity index is 348. The molecule has 1 nitrogen and oxygen atoms in total. The number of anilines is 1. The molecule has 1 aliphatic rings. The molecule has 1 aromatic carbocycles. The highest BCUT2D eigenvalue weighted by Crippen LogP contribution is 2.33. The number of hydrogen-bond acceptors (Lipinski definition) is 1. The van der Waals surface area contributed by atoms with Crippen molar-refractivity contribution in [2.24, 2.45) is 0 Å². The Morgan fingerprint density at radius 3 is 3.00 bits per heavy atom. The number of fused-ring (bicyclic) bond motifs is 1. The Hall–Kier alpha value is -0.500. The summed E-state index contributed by atoms with van der Waals surface area (Å²) < 4.78 is 1.18. The average molecular weight is 254 g/mol. The lowest BCUT2D eigenvalue weighted by molar-refractivity contribution is 0.444. The molecule has 0 radical (unpaired) electrons. The fraction of sp³-hybridized carbons (Fsp3) is 0.500. The van der Waals surface area contributed by atoms with Gasteiger partial charge in [0.25, 0.3) is 0 Å². The van der Waals surface area contributed by atoms with Crippen LogP contribution < -0.4 is 5.32 Å². The summed E-state index contributed by atoms with van der Waals surface area (Å²) in [5.41, 5.74) is 3.04. The van der Waals surface area contributed by atoms with Crippen molar-refractivity contribution in [2.45, 2.75) is 38.6 Å². The van der Waals surface area contributed by atoms with Crippen molar-refractivity contribution in [3.63, 3.8) is 0 Å². The van der Waals surface area contributed by atoms with Gasteiger partial charge in [-0.1, -0.05) is 22.9 Å². The van der Waals surface area contributed by atoms with E-state index in [1.165, 1.54) is 35.0 Å². The van der Waals surface area contributed by atoms with Crippen LogP contribution in [0.1, 0.15) is 32.3 Å². The van der Waals surface area contributed by atoms with Gasteiger partial charge in [0.15, 0.2) is 0 Å². The van der Waals surface area contributed by atoms with E-state index < -0.39 is 0 Å². The first-order valence-electron chi connectivity index (χ1n) is 5.19. The van der Waals surface area contributed by atoms with Crippen molar-refractivity contribution in [1.29, 1.82) is 0 Å². The SMILES string of the molecule is CCC1(C)CCc2cc(Br)ccc2N1. The summed E-state index contributed by atoms with van der Waals surface area (Å²) in [5.74, 6) is 0. The largest absolute Gasteiger partial charge is 0.380 e. The highest BCUT2D eigenvalue weighted by Gasteiger charge is 2.26. The molecule has 0 saturated heterocycles. The van der Waals surface area contributed by atoms with Gasteiger partial charge in [0.2, 0.25) is 0 Å². The van der Waals surface area contributed by atoms with E-state index >= 15 is 0 Å². The smallest absolute Gasteiger partial charge is 0.0377 e. The molecule has 14 heavy (non-hydrogen) atoms. The van der Waals surface area contributed by atoms with Crippen molar-refractivity contribution in [3.05, 3.63) is 28.2 Å². The van der Waals surface area contributed by atoms with Crippen LogP contribution in [-0.4, -0.2) is 5.54 Å². The maximum atomic E-state index is 3.63. The lowest BCUT2D eigenvalue weighted by Gasteiger charge is -2.36. The summed E-state index contributed by atoms with van der Waals surface area (Å²) in [6.07, 6.45) is 3.60. The van der Waals surface area contributed by atoms with Crippen molar-refractivity contribution in [2.75, 3.05) is 5.32 Å². The minimum Gasteiger partial charge on any atom is -0.380 e. The van der Waals surface area contributed by atoms with Crippen LogP contribution in [0.4, 0.5) is 5.69 Å². The summed E-state index contributed by atoms with van der Waals surface area (Å²) in [6, 6.07) is 6.50. The number of halogens is 1. The van der Waals surface area contributed by atoms with E-state index in [2.05, 4.69) is 53.3 Å². The van der Waals surface area contributed by atoms with Crippen molar-refractivity contribution in [3.8, 4) is 0 Å². The molecule has 2 heteroatoms. The van der Waals surface area contributed by atoms with Gasteiger partial charge in [-0.3, -0.25) is 0 Å². The molecule has 1 aliphatic heterocycles. The van der Waals surface area contributed by atoms with Gasteiger partial charge in [-0.05, 0) is 49.9 Å². The molecule has 1 unspecified atom stereocenters. The first kappa shape index (κ1) is 10.0. The second kappa shape index (κ2) is 3.58. The van der Waals surface area contributed by atoms with Crippen LogP contribution in [0.3, 0.4) is 0 Å². The molecule has 1 heterocycles. The molecule has 0 aromatic heterocycles. The molecule has 0 saturated carbocycles. The fourth-order valence-electron chi connectivity index (χ4n) is 1.95. The van der Waals surface area contributed by atoms with Gasteiger partial charge in [-0.2, -0.15) is 0 Å². The Balaban J connectivity index is 2.31. The molecule has 2 rings (SSSR count). The Labute approximate surface area is 94.0 Å². The maximum Gasteiger partial charge on any atom is 0.0377 e. The van der Waals surface area contributed by atoms with Crippen LogP contribution in [-0.2, 0) is 6.42 Å². The van der Waals surface area contributed by atoms with Gasteiger partial charge in [-0.25, -0.2) is 0 Å². The van der Waals surface area contributed by atoms with Gasteiger partial charge in [0.05, 0.1) is 0 Å². The Morgan fingerprint density at radius 2 is 2.29 bits per heavy atom. The second-order valence-electron chi connectivity index (χ2n) is 4.34. The third-order valence-electron chi connectivity index (χ3n) is 3.23. The number of aryl methyl sites for hydroxylation is 1. The van der Waals surface area contributed by atoms with Crippen molar-refractivity contribution < 1.29 is 0 Å². The zero-order chi connectivity index (χ0) is 10.2. The van der Waals surface area contributed by atoms with Gasteiger partial charge in [0, 0.05) is 15.7 Å². The van der Waals surface area contributed by atoms with Crippen LogP contribution >= 0.6 is 15.9 Å². The molecule has 0 amide bonds. The Morgan fingerprint density at radius 1 is 1.50 bits per heavy atom. The molecular weight excluding hydrogens is 238 g/mol. The first-order chi connectivity index (χ1) is 6.63. The second-order valence-corrected chi connectivity index (χ2v) is 5.26. The maximum absolute atomic E-state index is 3.63. The number of nitrogens with one attached hydrogen (secondary N) is 1. The fourth-order valence-corrected chi connectivity index (χ4v) is 2.36. The summed E-state index contributed by atoms with van der Waals surface area (Å²) in [7, 11) is 0. The molecule has 1 N–H and O–H groups in total. The van der Waals surface area contributed by atoms with E-state index in [-0.39, 0.29) is 0 Å². The summed E-state index contributed by atoms with van der Waals surface area (Å²) in [5, 5.41) is 3.63. The van der Waals surface area contributed by atoms with Crippen LogP contribution in [0.15, 0.2) is 22.7 Å². The minimum absolute atomic E-state index is 0.292. The standard InChI is InChI=1S/C12H16BrN/c1-3-12(2)7-6-9-8-10(13)4-5-11(9)14-12/h4-5,8,14H,3,6-7H2,1-2H3. The van der Waals surface area contributed by atoms with E-state index in [1.807, 2.05) is 0 Å². The lowest BCUT2D eigenvalue weighted by Crippen LogP contribution is -2.37. The molecule has 0 aliphatic carbocycles. The van der Waals surface area contributed by atoms with E-state index in [9.17, 15) is 0 Å². The third kappa shape index (κ3) is 1.81. The summed E-state index contributed by atoms with van der Waals surface area (Å²) >= 11 is 3.51. The normalized spacial score (nSPS) is 25.4. The van der Waals surface area contributed by atoms with Gasteiger partial charge in [-0.15, -0.1) is 0 Å². The molecule has 0 fully saturated rings. The predicted octanol–water partition coefficient (Wildman–Crippen LogP) is 3.98. The van der Waals surface area contributed by atoms with Crippen LogP contribution in [0.25, 0.3) is 0 Å². The topological polar surface area (TPSA) is 12.0 Å². The van der Waals surface area contributed by atoms with Gasteiger partial charge >= 0.3 is 0 Å². The molecule has 0 bridgehead atoms. The number of rotatable bonds is 1. The first-order valence-corrected chi connectivity index (χ1v) is 5.99. The summed E-state index contributed by atoms with van der Waals surface area (Å²) in [4.78, 5) is 0. The number of hydrogen-bond donors (Lipinski definition) is 1. The van der Waals surface area contributed by atoms with Crippen molar-refractivity contribution >= 4 is 21.6 Å². The number of benzene rings is 1. The molecule has 1 atom stereocenters. The molecule has 0 spiro atoms. The lowest BCUT2D eigenvalue weighted by atomic mass is 9.86. The van der Waals surface area contributed by atoms with Gasteiger partial charge in [0.1, 0.15) is 0 Å². The summed E-state index contributed by atoms with van der Waals surface area (Å²) in [6.45, 7) is 4.55.